The fraction of sp³-hybridized carbons (Fsp3) is 0.148. The number of hydrogen-bond donors (Lipinski definition) is 1. The van der Waals surface area contributed by atoms with E-state index < -0.39 is 28.9 Å². The summed E-state index contributed by atoms with van der Waals surface area (Å²) in [4.78, 5) is 37.4. The largest absolute Gasteiger partial charge is 0.493 e. The van der Waals surface area contributed by atoms with Gasteiger partial charge in [-0.3, -0.25) is 14.5 Å². The van der Waals surface area contributed by atoms with E-state index in [0.29, 0.717) is 22.6 Å². The number of nitrogens with zero attached hydrogens (tertiary/aromatic N) is 1. The predicted octanol–water partition coefficient (Wildman–Crippen LogP) is 6.23. The number of rotatable bonds is 8. The Morgan fingerprint density at radius 3 is 2.24 bits per heavy atom. The molecule has 196 valence electrons. The molecule has 3 aromatic rings. The third-order valence-electron chi connectivity index (χ3n) is 5.58. The SMILES string of the molecule is COc1cc(/C=C2\SC(=O)N(Cc3ccc(C(F)(F)F)cc3)C2=O)ccc1OCc1ccc(C(=O)O)cc1. The van der Waals surface area contributed by atoms with E-state index in [1.807, 2.05) is 0 Å². The van der Waals surface area contributed by atoms with Gasteiger partial charge in [0.15, 0.2) is 11.5 Å². The molecule has 38 heavy (non-hydrogen) atoms. The third kappa shape index (κ3) is 6.17. The Balaban J connectivity index is 1.44. The number of benzene rings is 3. The second-order valence-corrected chi connectivity index (χ2v) is 9.16. The van der Waals surface area contributed by atoms with Crippen LogP contribution in [0.25, 0.3) is 6.08 Å². The van der Waals surface area contributed by atoms with Gasteiger partial charge in [0.05, 0.1) is 29.7 Å². The van der Waals surface area contributed by atoms with E-state index in [0.717, 1.165) is 34.4 Å². The number of carboxylic acids is 1. The normalized spacial score (nSPS) is 14.7. The van der Waals surface area contributed by atoms with Crippen molar-refractivity contribution in [1.29, 1.82) is 0 Å². The van der Waals surface area contributed by atoms with Gasteiger partial charge >= 0.3 is 12.1 Å². The number of methoxy groups -OCH3 is 1. The third-order valence-corrected chi connectivity index (χ3v) is 6.48. The Morgan fingerprint density at radius 1 is 0.974 bits per heavy atom. The van der Waals surface area contributed by atoms with Crippen LogP contribution in [0.3, 0.4) is 0 Å². The van der Waals surface area contributed by atoms with Crippen molar-refractivity contribution >= 4 is 35.0 Å². The lowest BCUT2D eigenvalue weighted by molar-refractivity contribution is -0.137. The van der Waals surface area contributed by atoms with Crippen LogP contribution in [0.5, 0.6) is 11.5 Å². The standard InChI is InChI=1S/C27H20F3NO6S/c1-36-22-12-18(6-11-21(22)37-15-17-2-7-19(8-3-17)25(33)34)13-23-24(32)31(26(35)38-23)14-16-4-9-20(10-5-16)27(28,29)30/h2-13H,14-15H2,1H3,(H,33,34)/b23-13-. The molecule has 0 aromatic heterocycles. The summed E-state index contributed by atoms with van der Waals surface area (Å²) in [6.07, 6.45) is -2.95. The predicted molar refractivity (Wildman–Crippen MR) is 134 cm³/mol. The summed E-state index contributed by atoms with van der Waals surface area (Å²) in [6, 6.07) is 15.5. The molecule has 3 aromatic carbocycles. The zero-order chi connectivity index (χ0) is 27.4. The van der Waals surface area contributed by atoms with E-state index in [1.165, 1.54) is 37.5 Å². The van der Waals surface area contributed by atoms with Crippen LogP contribution in [-0.4, -0.2) is 34.2 Å². The van der Waals surface area contributed by atoms with Gasteiger partial charge in [-0.05, 0) is 70.9 Å². The summed E-state index contributed by atoms with van der Waals surface area (Å²) < 4.78 is 49.5. The molecule has 2 amide bonds. The van der Waals surface area contributed by atoms with E-state index >= 15 is 0 Å². The van der Waals surface area contributed by atoms with Gasteiger partial charge in [-0.2, -0.15) is 13.2 Å². The minimum atomic E-state index is -4.47. The highest BCUT2D eigenvalue weighted by molar-refractivity contribution is 8.18. The van der Waals surface area contributed by atoms with Crippen LogP contribution in [0.1, 0.15) is 32.6 Å². The van der Waals surface area contributed by atoms with Crippen LogP contribution in [0, 0.1) is 0 Å². The quantitative estimate of drug-likeness (QED) is 0.337. The first kappa shape index (κ1) is 26.8. The van der Waals surface area contributed by atoms with Crippen LogP contribution in [-0.2, 0) is 24.1 Å². The first-order valence-corrected chi connectivity index (χ1v) is 11.9. The molecule has 0 saturated carbocycles. The number of carbonyl (C=O) groups excluding carboxylic acids is 2. The monoisotopic (exact) mass is 543 g/mol. The summed E-state index contributed by atoms with van der Waals surface area (Å²) >= 11 is 0.736. The number of carboxylic acid groups (broad SMARTS) is 1. The number of carbonyl (C=O) groups is 3. The Hall–Kier alpha value is -4.25. The van der Waals surface area contributed by atoms with Crippen LogP contribution in [0.4, 0.5) is 18.0 Å². The fourth-order valence-electron chi connectivity index (χ4n) is 3.57. The van der Waals surface area contributed by atoms with E-state index in [4.69, 9.17) is 14.6 Å². The summed E-state index contributed by atoms with van der Waals surface area (Å²) in [5, 5.41) is 8.47. The Morgan fingerprint density at radius 2 is 1.63 bits per heavy atom. The molecule has 0 unspecified atom stereocenters. The number of amides is 2. The number of halogens is 3. The average molecular weight is 544 g/mol. The minimum Gasteiger partial charge on any atom is -0.493 e. The molecular formula is C27H20F3NO6S. The minimum absolute atomic E-state index is 0.149. The van der Waals surface area contributed by atoms with Gasteiger partial charge in [-0.1, -0.05) is 30.3 Å². The molecule has 11 heteroatoms. The molecule has 1 fully saturated rings. The van der Waals surface area contributed by atoms with Gasteiger partial charge in [-0.25, -0.2) is 4.79 Å². The zero-order valence-electron chi connectivity index (χ0n) is 19.8. The summed E-state index contributed by atoms with van der Waals surface area (Å²) in [7, 11) is 1.45. The van der Waals surface area contributed by atoms with E-state index in [1.54, 1.807) is 30.3 Å². The van der Waals surface area contributed by atoms with Gasteiger partial charge in [0.25, 0.3) is 11.1 Å². The van der Waals surface area contributed by atoms with E-state index in [2.05, 4.69) is 0 Å². The van der Waals surface area contributed by atoms with E-state index in [-0.39, 0.29) is 23.6 Å². The first-order chi connectivity index (χ1) is 18.0. The average Bonchev–Trinajstić information content (AvgIpc) is 3.15. The van der Waals surface area contributed by atoms with Crippen molar-refractivity contribution in [3.63, 3.8) is 0 Å². The molecule has 1 N–H and O–H groups in total. The van der Waals surface area contributed by atoms with E-state index in [9.17, 15) is 27.6 Å². The number of aromatic carboxylic acids is 1. The molecule has 1 aliphatic heterocycles. The molecule has 1 saturated heterocycles. The fourth-order valence-corrected chi connectivity index (χ4v) is 4.41. The molecule has 0 bridgehead atoms. The van der Waals surface area contributed by atoms with Gasteiger partial charge in [0.2, 0.25) is 0 Å². The first-order valence-electron chi connectivity index (χ1n) is 11.1. The van der Waals surface area contributed by atoms with Crippen LogP contribution < -0.4 is 9.47 Å². The molecule has 1 heterocycles. The lowest BCUT2D eigenvalue weighted by atomic mass is 10.1. The zero-order valence-corrected chi connectivity index (χ0v) is 20.6. The maximum absolute atomic E-state index is 12.8. The van der Waals surface area contributed by atoms with Crippen molar-refractivity contribution in [2.24, 2.45) is 0 Å². The highest BCUT2D eigenvalue weighted by Crippen LogP contribution is 2.36. The number of thioether (sulfide) groups is 1. The molecule has 0 atom stereocenters. The summed E-state index contributed by atoms with van der Waals surface area (Å²) in [5.41, 5.74) is 1.07. The topological polar surface area (TPSA) is 93.1 Å². The smallest absolute Gasteiger partial charge is 0.416 e. The number of ether oxygens (including phenoxy) is 2. The molecule has 7 nitrogen and oxygen atoms in total. The van der Waals surface area contributed by atoms with Crippen molar-refractivity contribution in [3.8, 4) is 11.5 Å². The second kappa shape index (κ2) is 11.0. The van der Waals surface area contributed by atoms with Gasteiger partial charge in [0, 0.05) is 0 Å². The lowest BCUT2D eigenvalue weighted by Crippen LogP contribution is -2.27. The van der Waals surface area contributed by atoms with Crippen molar-refractivity contribution < 1.29 is 42.1 Å². The molecule has 1 aliphatic rings. The summed E-state index contributed by atoms with van der Waals surface area (Å²) in [5.74, 6) is -0.775. The van der Waals surface area contributed by atoms with Crippen LogP contribution in [0.2, 0.25) is 0 Å². The molecule has 0 aliphatic carbocycles. The van der Waals surface area contributed by atoms with Crippen molar-refractivity contribution in [2.45, 2.75) is 19.3 Å². The lowest BCUT2D eigenvalue weighted by Gasteiger charge is -2.13. The number of hydrogen-bond acceptors (Lipinski definition) is 6. The Kier molecular flexibility index (Phi) is 7.77. The van der Waals surface area contributed by atoms with Crippen LogP contribution in [0.15, 0.2) is 71.6 Å². The highest BCUT2D eigenvalue weighted by atomic mass is 32.2. The van der Waals surface area contributed by atoms with Crippen molar-refractivity contribution in [1.82, 2.24) is 4.90 Å². The Labute approximate surface area is 219 Å². The van der Waals surface area contributed by atoms with Gasteiger partial charge in [-0.15, -0.1) is 0 Å². The Bertz CT molecular complexity index is 1400. The molecular weight excluding hydrogens is 523 g/mol. The number of imide groups is 1. The van der Waals surface area contributed by atoms with Crippen molar-refractivity contribution in [3.05, 3.63) is 99.5 Å². The second-order valence-electron chi connectivity index (χ2n) is 8.16. The van der Waals surface area contributed by atoms with Crippen molar-refractivity contribution in [2.75, 3.05) is 7.11 Å². The van der Waals surface area contributed by atoms with Gasteiger partial charge in [0.1, 0.15) is 6.61 Å². The highest BCUT2D eigenvalue weighted by Gasteiger charge is 2.35. The molecule has 0 radical (unpaired) electrons. The maximum Gasteiger partial charge on any atom is 0.416 e. The maximum atomic E-state index is 12.8. The van der Waals surface area contributed by atoms with Gasteiger partial charge < -0.3 is 14.6 Å². The molecule has 0 spiro atoms. The molecule has 4 rings (SSSR count). The van der Waals surface area contributed by atoms with Crippen LogP contribution >= 0.6 is 11.8 Å². The number of alkyl halides is 3. The summed E-state index contributed by atoms with van der Waals surface area (Å²) in [6.45, 7) is 0.0160.